The zero-order valence-electron chi connectivity index (χ0n) is 10.6. The molecular formula is C12H23N3O2. The zero-order valence-corrected chi connectivity index (χ0v) is 10.6. The van der Waals surface area contributed by atoms with Crippen LogP contribution in [-0.4, -0.2) is 49.8 Å². The molecule has 2 N–H and O–H groups in total. The van der Waals surface area contributed by atoms with Gasteiger partial charge in [0.05, 0.1) is 19.3 Å². The van der Waals surface area contributed by atoms with Crippen molar-refractivity contribution in [1.82, 2.24) is 15.8 Å². The van der Waals surface area contributed by atoms with Crippen LogP contribution in [0.2, 0.25) is 0 Å². The fourth-order valence-corrected chi connectivity index (χ4v) is 2.48. The summed E-state index contributed by atoms with van der Waals surface area (Å²) in [7, 11) is 0. The molecule has 98 valence electrons. The van der Waals surface area contributed by atoms with Crippen molar-refractivity contribution >= 4 is 5.91 Å². The molecule has 2 atom stereocenters. The van der Waals surface area contributed by atoms with E-state index in [1.165, 1.54) is 12.8 Å². The summed E-state index contributed by atoms with van der Waals surface area (Å²) in [5.41, 5.74) is 2.99. The molecule has 2 saturated heterocycles. The maximum Gasteiger partial charge on any atom is 0.251 e. The molecule has 0 aromatic carbocycles. The van der Waals surface area contributed by atoms with Crippen molar-refractivity contribution in [1.29, 1.82) is 0 Å². The number of ether oxygens (including phenoxy) is 1. The van der Waals surface area contributed by atoms with Gasteiger partial charge in [-0.05, 0) is 25.3 Å². The number of morpholine rings is 1. The van der Waals surface area contributed by atoms with Gasteiger partial charge in [0, 0.05) is 13.1 Å². The first kappa shape index (κ1) is 12.8. The van der Waals surface area contributed by atoms with E-state index in [0.29, 0.717) is 19.1 Å². The molecule has 2 heterocycles. The predicted molar refractivity (Wildman–Crippen MR) is 65.3 cm³/mol. The summed E-state index contributed by atoms with van der Waals surface area (Å²) >= 11 is 0. The number of rotatable bonds is 3. The molecule has 5 heteroatoms. The Labute approximate surface area is 103 Å². The summed E-state index contributed by atoms with van der Waals surface area (Å²) in [6.07, 6.45) is 3.33. The molecule has 0 radical (unpaired) electrons. The third-order valence-corrected chi connectivity index (χ3v) is 3.69. The summed E-state index contributed by atoms with van der Waals surface area (Å²) < 4.78 is 5.25. The number of piperidine rings is 1. The van der Waals surface area contributed by atoms with Crippen molar-refractivity contribution in [2.75, 3.05) is 32.8 Å². The minimum atomic E-state index is -0.0171. The van der Waals surface area contributed by atoms with Crippen LogP contribution in [0.3, 0.4) is 0 Å². The fourth-order valence-electron chi connectivity index (χ4n) is 2.48. The lowest BCUT2D eigenvalue weighted by Crippen LogP contribution is -2.55. The van der Waals surface area contributed by atoms with Gasteiger partial charge in [0.1, 0.15) is 0 Å². The second kappa shape index (κ2) is 6.33. The summed E-state index contributed by atoms with van der Waals surface area (Å²) in [5.74, 6) is 0.807. The van der Waals surface area contributed by atoms with Crippen LogP contribution in [0.5, 0.6) is 0 Å². The van der Waals surface area contributed by atoms with Gasteiger partial charge in [-0.1, -0.05) is 13.3 Å². The molecule has 5 nitrogen and oxygen atoms in total. The van der Waals surface area contributed by atoms with Crippen molar-refractivity contribution in [3.05, 3.63) is 0 Å². The molecule has 0 aromatic rings. The van der Waals surface area contributed by atoms with Crippen molar-refractivity contribution < 1.29 is 9.53 Å². The van der Waals surface area contributed by atoms with E-state index >= 15 is 0 Å². The van der Waals surface area contributed by atoms with Gasteiger partial charge in [-0.15, -0.1) is 0 Å². The smallest absolute Gasteiger partial charge is 0.251 e. The third-order valence-electron chi connectivity index (χ3n) is 3.69. The van der Waals surface area contributed by atoms with Crippen molar-refractivity contribution in [2.45, 2.75) is 32.2 Å². The Kier molecular flexibility index (Phi) is 4.76. The fraction of sp³-hybridized carbons (Fsp3) is 0.917. The van der Waals surface area contributed by atoms with Gasteiger partial charge in [-0.3, -0.25) is 10.2 Å². The first-order chi connectivity index (χ1) is 8.29. The van der Waals surface area contributed by atoms with E-state index < -0.39 is 0 Å². The number of hydrogen-bond acceptors (Lipinski definition) is 4. The minimum absolute atomic E-state index is 0.0171. The molecule has 2 unspecified atom stereocenters. The first-order valence-corrected chi connectivity index (χ1v) is 6.66. The quantitative estimate of drug-likeness (QED) is 0.737. The predicted octanol–water partition coefficient (Wildman–Crippen LogP) is 0.128. The van der Waals surface area contributed by atoms with Crippen LogP contribution in [-0.2, 0) is 9.53 Å². The van der Waals surface area contributed by atoms with Crippen molar-refractivity contribution in [3.8, 4) is 0 Å². The maximum atomic E-state index is 12.1. The molecule has 2 aliphatic rings. The lowest BCUT2D eigenvalue weighted by atomic mass is 9.90. The van der Waals surface area contributed by atoms with E-state index in [-0.39, 0.29) is 11.9 Å². The topological polar surface area (TPSA) is 53.6 Å². The second-order valence-corrected chi connectivity index (χ2v) is 4.88. The molecule has 0 bridgehead atoms. The molecule has 2 aliphatic heterocycles. The highest BCUT2D eigenvalue weighted by Gasteiger charge is 2.27. The van der Waals surface area contributed by atoms with Crippen LogP contribution in [0.1, 0.15) is 26.2 Å². The largest absolute Gasteiger partial charge is 0.379 e. The Hall–Kier alpha value is -0.650. The number of amides is 1. The van der Waals surface area contributed by atoms with Gasteiger partial charge >= 0.3 is 0 Å². The number of carbonyl (C=O) groups excluding carboxylic acids is 1. The Bertz CT molecular complexity index is 254. The molecule has 17 heavy (non-hydrogen) atoms. The Balaban J connectivity index is 1.78. The van der Waals surface area contributed by atoms with E-state index in [2.05, 4.69) is 17.7 Å². The Morgan fingerprint density at radius 3 is 2.94 bits per heavy atom. The van der Waals surface area contributed by atoms with E-state index in [1.54, 1.807) is 0 Å². The highest BCUT2D eigenvalue weighted by molar-refractivity contribution is 5.81. The lowest BCUT2D eigenvalue weighted by molar-refractivity contribution is -0.131. The highest BCUT2D eigenvalue weighted by Crippen LogP contribution is 2.19. The molecule has 2 fully saturated rings. The Morgan fingerprint density at radius 1 is 1.47 bits per heavy atom. The molecular weight excluding hydrogens is 218 g/mol. The normalized spacial score (nSPS) is 31.1. The van der Waals surface area contributed by atoms with E-state index in [1.807, 2.05) is 5.01 Å². The highest BCUT2D eigenvalue weighted by atomic mass is 16.5. The standard InChI is InChI=1S/C12H23N3O2/c1-2-10-3-4-13-11(9-10)12(16)14-15-5-7-17-8-6-15/h10-11,13H,2-9H2,1H3,(H,14,16). The molecule has 0 aromatic heterocycles. The van der Waals surface area contributed by atoms with Gasteiger partial charge in [0.15, 0.2) is 0 Å². The second-order valence-electron chi connectivity index (χ2n) is 4.88. The van der Waals surface area contributed by atoms with E-state index in [4.69, 9.17) is 4.74 Å². The molecule has 0 spiro atoms. The monoisotopic (exact) mass is 241 g/mol. The Morgan fingerprint density at radius 2 is 2.24 bits per heavy atom. The van der Waals surface area contributed by atoms with Gasteiger partial charge in [0.2, 0.25) is 0 Å². The SMILES string of the molecule is CCC1CCNC(C(=O)NN2CCOCC2)C1. The molecule has 0 saturated carbocycles. The van der Waals surface area contributed by atoms with Crippen LogP contribution >= 0.6 is 0 Å². The number of hydrogen-bond donors (Lipinski definition) is 2. The molecule has 2 rings (SSSR count). The van der Waals surface area contributed by atoms with E-state index in [9.17, 15) is 4.79 Å². The third kappa shape index (κ3) is 3.66. The van der Waals surface area contributed by atoms with Gasteiger partial charge in [-0.2, -0.15) is 0 Å². The summed E-state index contributed by atoms with van der Waals surface area (Å²) in [5, 5.41) is 5.26. The number of nitrogens with one attached hydrogen (secondary N) is 2. The summed E-state index contributed by atoms with van der Waals surface area (Å²) in [6.45, 7) is 6.14. The lowest BCUT2D eigenvalue weighted by Gasteiger charge is -2.32. The average Bonchev–Trinajstić information content (AvgIpc) is 2.40. The van der Waals surface area contributed by atoms with Gasteiger partial charge in [0.25, 0.3) is 5.91 Å². The van der Waals surface area contributed by atoms with Crippen molar-refractivity contribution in [3.63, 3.8) is 0 Å². The maximum absolute atomic E-state index is 12.1. The average molecular weight is 241 g/mol. The molecule has 1 amide bonds. The number of nitrogens with zero attached hydrogens (tertiary/aromatic N) is 1. The van der Waals surface area contributed by atoms with E-state index in [0.717, 1.165) is 26.1 Å². The van der Waals surface area contributed by atoms with Gasteiger partial charge in [-0.25, -0.2) is 5.01 Å². The van der Waals surface area contributed by atoms with Crippen LogP contribution in [0.15, 0.2) is 0 Å². The van der Waals surface area contributed by atoms with Crippen LogP contribution in [0, 0.1) is 5.92 Å². The first-order valence-electron chi connectivity index (χ1n) is 6.66. The summed E-state index contributed by atoms with van der Waals surface area (Å²) in [4.78, 5) is 12.1. The van der Waals surface area contributed by atoms with Crippen molar-refractivity contribution in [2.24, 2.45) is 5.92 Å². The molecule has 0 aliphatic carbocycles. The van der Waals surface area contributed by atoms with Gasteiger partial charge < -0.3 is 10.1 Å². The van der Waals surface area contributed by atoms with Crippen LogP contribution in [0.4, 0.5) is 0 Å². The zero-order chi connectivity index (χ0) is 12.1. The summed E-state index contributed by atoms with van der Waals surface area (Å²) in [6, 6.07) is -0.0171. The van der Waals surface area contributed by atoms with Crippen LogP contribution in [0.25, 0.3) is 0 Å². The van der Waals surface area contributed by atoms with Crippen LogP contribution < -0.4 is 10.7 Å². The number of hydrazine groups is 1. The minimum Gasteiger partial charge on any atom is -0.379 e. The number of carbonyl (C=O) groups is 1.